The average Bonchev–Trinajstić information content (AvgIpc) is 2.47. The van der Waals surface area contributed by atoms with Gasteiger partial charge in [0.15, 0.2) is 0 Å². The van der Waals surface area contributed by atoms with E-state index in [1.54, 1.807) is 0 Å². The van der Waals surface area contributed by atoms with Crippen LogP contribution in [0.4, 0.5) is 11.4 Å². The van der Waals surface area contributed by atoms with Crippen molar-refractivity contribution in [3.63, 3.8) is 0 Å². The third-order valence-electron chi connectivity index (χ3n) is 3.27. The van der Waals surface area contributed by atoms with E-state index < -0.39 is 5.66 Å². The van der Waals surface area contributed by atoms with Crippen molar-refractivity contribution in [2.45, 2.75) is 5.66 Å². The van der Waals surface area contributed by atoms with Gasteiger partial charge in [-0.15, -0.1) is 0 Å². The molecule has 0 amide bonds. The van der Waals surface area contributed by atoms with E-state index in [0.29, 0.717) is 11.4 Å². The van der Waals surface area contributed by atoms with Crippen LogP contribution in [0.25, 0.3) is 11.1 Å². The van der Waals surface area contributed by atoms with Crippen LogP contribution in [0.15, 0.2) is 36.4 Å². The normalized spacial score (nSPS) is 15.4. The summed E-state index contributed by atoms with van der Waals surface area (Å²) in [6, 6.07) is 11.1. The van der Waals surface area contributed by atoms with Gasteiger partial charge in [-0.3, -0.25) is 0 Å². The van der Waals surface area contributed by atoms with Crippen molar-refractivity contribution < 1.29 is 0 Å². The van der Waals surface area contributed by atoms with Gasteiger partial charge in [-0.05, 0) is 46.5 Å². The smallest absolute Gasteiger partial charge is 0.118 e. The lowest BCUT2D eigenvalue weighted by atomic mass is 9.99. The minimum Gasteiger partial charge on any atom is -0.399 e. The summed E-state index contributed by atoms with van der Waals surface area (Å²) in [6.45, 7) is 0. The highest BCUT2D eigenvalue weighted by molar-refractivity contribution is 5.84. The van der Waals surface area contributed by atoms with Gasteiger partial charge in [-0.2, -0.15) is 0 Å². The molecule has 2 aromatic carbocycles. The van der Waals surface area contributed by atoms with Gasteiger partial charge in [0.2, 0.25) is 0 Å². The molecule has 4 nitrogen and oxygen atoms in total. The van der Waals surface area contributed by atoms with E-state index in [0.717, 1.165) is 22.3 Å². The lowest BCUT2D eigenvalue weighted by Gasteiger charge is -2.21. The van der Waals surface area contributed by atoms with Gasteiger partial charge in [-0.1, -0.05) is 12.1 Å². The fourth-order valence-electron chi connectivity index (χ4n) is 2.44. The van der Waals surface area contributed by atoms with Crippen LogP contribution in [0, 0.1) is 0 Å². The Kier molecular flexibility index (Phi) is 1.79. The lowest BCUT2D eigenvalue weighted by molar-refractivity contribution is 0.584. The van der Waals surface area contributed by atoms with Crippen molar-refractivity contribution in [3.8, 4) is 11.1 Å². The Morgan fingerprint density at radius 3 is 1.53 bits per heavy atom. The quantitative estimate of drug-likeness (QED) is 0.396. The molecule has 0 heterocycles. The summed E-state index contributed by atoms with van der Waals surface area (Å²) in [7, 11) is 0. The summed E-state index contributed by atoms with van der Waals surface area (Å²) in [6.07, 6.45) is 0. The van der Waals surface area contributed by atoms with Crippen molar-refractivity contribution >= 4 is 11.4 Å². The molecule has 0 unspecified atom stereocenters. The predicted octanol–water partition coefficient (Wildman–Crippen LogP) is 0.950. The van der Waals surface area contributed by atoms with Crippen LogP contribution in [0.5, 0.6) is 0 Å². The molecule has 0 fully saturated rings. The number of hydrogen-bond acceptors (Lipinski definition) is 4. The van der Waals surface area contributed by atoms with E-state index in [4.69, 9.17) is 22.9 Å². The maximum absolute atomic E-state index is 6.20. The molecular weight excluding hydrogens is 212 g/mol. The van der Waals surface area contributed by atoms with Crippen molar-refractivity contribution in [1.82, 2.24) is 0 Å². The number of nitrogens with two attached hydrogens (primary N) is 4. The standard InChI is InChI=1S/C13H14N4/c14-7-1-3-11-9(5-7)10-6-8(15)2-4-12(10)13(11,16)17/h1-6H,14-17H2. The number of fused-ring (bicyclic) bond motifs is 3. The molecule has 0 aromatic heterocycles. The predicted molar refractivity (Wildman–Crippen MR) is 69.9 cm³/mol. The monoisotopic (exact) mass is 226 g/mol. The van der Waals surface area contributed by atoms with Gasteiger partial charge in [0.05, 0.1) is 0 Å². The minimum atomic E-state index is -0.966. The van der Waals surface area contributed by atoms with Crippen molar-refractivity contribution in [2.75, 3.05) is 11.5 Å². The first-order chi connectivity index (χ1) is 8.00. The van der Waals surface area contributed by atoms with Crippen LogP contribution in [0.2, 0.25) is 0 Å². The van der Waals surface area contributed by atoms with Crippen molar-refractivity contribution in [2.24, 2.45) is 11.5 Å². The average molecular weight is 226 g/mol. The molecule has 0 radical (unpaired) electrons. The summed E-state index contributed by atoms with van der Waals surface area (Å²) in [5.41, 5.74) is 28.1. The molecule has 1 aliphatic carbocycles. The molecule has 0 bridgehead atoms. The number of rotatable bonds is 0. The third kappa shape index (κ3) is 1.25. The molecule has 8 N–H and O–H groups in total. The molecule has 0 spiro atoms. The zero-order valence-electron chi connectivity index (χ0n) is 9.27. The molecule has 17 heavy (non-hydrogen) atoms. The highest BCUT2D eigenvalue weighted by Gasteiger charge is 2.36. The van der Waals surface area contributed by atoms with Crippen LogP contribution in [-0.2, 0) is 5.66 Å². The van der Waals surface area contributed by atoms with Gasteiger partial charge < -0.3 is 22.9 Å². The first-order valence-corrected chi connectivity index (χ1v) is 5.38. The van der Waals surface area contributed by atoms with Gasteiger partial charge in [-0.25, -0.2) is 0 Å². The highest BCUT2D eigenvalue weighted by Crippen LogP contribution is 2.44. The van der Waals surface area contributed by atoms with E-state index in [9.17, 15) is 0 Å². The maximum Gasteiger partial charge on any atom is 0.118 e. The number of benzene rings is 2. The number of anilines is 2. The van der Waals surface area contributed by atoms with E-state index in [1.165, 1.54) is 0 Å². The number of hydrogen-bond donors (Lipinski definition) is 4. The molecule has 4 heteroatoms. The summed E-state index contributed by atoms with van der Waals surface area (Å²) in [4.78, 5) is 0. The summed E-state index contributed by atoms with van der Waals surface area (Å²) < 4.78 is 0. The van der Waals surface area contributed by atoms with Gasteiger partial charge in [0.1, 0.15) is 5.66 Å². The Balaban J connectivity index is 2.39. The maximum atomic E-state index is 6.20. The molecule has 86 valence electrons. The molecule has 2 aromatic rings. The third-order valence-corrected chi connectivity index (χ3v) is 3.27. The second-order valence-corrected chi connectivity index (χ2v) is 4.48. The highest BCUT2D eigenvalue weighted by atomic mass is 15.0. The lowest BCUT2D eigenvalue weighted by Crippen LogP contribution is -2.45. The Labute approximate surface area is 99.2 Å². The van der Waals surface area contributed by atoms with Crippen LogP contribution in [0.3, 0.4) is 0 Å². The Morgan fingerprint density at radius 2 is 1.12 bits per heavy atom. The topological polar surface area (TPSA) is 104 Å². The first-order valence-electron chi connectivity index (χ1n) is 5.38. The number of nitrogen functional groups attached to an aromatic ring is 2. The van der Waals surface area contributed by atoms with E-state index >= 15 is 0 Å². The minimum absolute atomic E-state index is 0.690. The van der Waals surface area contributed by atoms with Crippen LogP contribution in [-0.4, -0.2) is 0 Å². The van der Waals surface area contributed by atoms with Crippen molar-refractivity contribution in [1.29, 1.82) is 0 Å². The zero-order valence-corrected chi connectivity index (χ0v) is 9.27. The Morgan fingerprint density at radius 1 is 0.706 bits per heavy atom. The largest absolute Gasteiger partial charge is 0.399 e. The molecule has 0 atom stereocenters. The second-order valence-electron chi connectivity index (χ2n) is 4.48. The fraction of sp³-hybridized carbons (Fsp3) is 0.0769. The fourth-order valence-corrected chi connectivity index (χ4v) is 2.44. The second kappa shape index (κ2) is 3.00. The van der Waals surface area contributed by atoms with E-state index in [1.807, 2.05) is 36.4 Å². The van der Waals surface area contributed by atoms with E-state index in [-0.39, 0.29) is 0 Å². The summed E-state index contributed by atoms with van der Waals surface area (Å²) in [5, 5.41) is 0. The van der Waals surface area contributed by atoms with Gasteiger partial charge >= 0.3 is 0 Å². The SMILES string of the molecule is Nc1ccc2c(c1)-c1cc(N)ccc1C2(N)N. The van der Waals surface area contributed by atoms with E-state index in [2.05, 4.69) is 0 Å². The van der Waals surface area contributed by atoms with Gasteiger partial charge in [0.25, 0.3) is 0 Å². The zero-order chi connectivity index (χ0) is 12.2. The first kappa shape index (κ1) is 10.1. The molecular formula is C13H14N4. The van der Waals surface area contributed by atoms with Crippen LogP contribution >= 0.6 is 0 Å². The summed E-state index contributed by atoms with van der Waals surface area (Å²) in [5.74, 6) is 0. The molecule has 1 aliphatic rings. The Hall–Kier alpha value is -2.04. The molecule has 0 saturated heterocycles. The van der Waals surface area contributed by atoms with Gasteiger partial charge in [0, 0.05) is 11.4 Å². The van der Waals surface area contributed by atoms with Crippen LogP contribution < -0.4 is 22.9 Å². The molecule has 3 rings (SSSR count). The summed E-state index contributed by atoms with van der Waals surface area (Å²) >= 11 is 0. The molecule has 0 saturated carbocycles. The Bertz CT molecular complexity index is 563. The van der Waals surface area contributed by atoms with Crippen LogP contribution in [0.1, 0.15) is 11.1 Å². The molecule has 0 aliphatic heterocycles. The van der Waals surface area contributed by atoms with Crippen molar-refractivity contribution in [3.05, 3.63) is 47.5 Å².